The van der Waals surface area contributed by atoms with E-state index in [4.69, 9.17) is 4.74 Å². The van der Waals surface area contributed by atoms with Gasteiger partial charge in [-0.05, 0) is 42.0 Å². The molecule has 1 aliphatic rings. The molecular formula is C18H14BrNO4. The Hall–Kier alpha value is -2.60. The number of carbonyl (C=O) groups excluding carboxylic acids is 2. The lowest BCUT2D eigenvalue weighted by Gasteiger charge is -2.14. The summed E-state index contributed by atoms with van der Waals surface area (Å²) in [4.78, 5) is 24.1. The summed E-state index contributed by atoms with van der Waals surface area (Å²) in [6, 6.07) is 13.1. The van der Waals surface area contributed by atoms with E-state index in [2.05, 4.69) is 21.2 Å². The Kier molecular flexibility index (Phi) is 4.40. The molecule has 1 heterocycles. The standard InChI is InChI=1S/C18H14BrNO4/c1-24-13-8-4-11(5-9-13)16(21)14-15(20-18(23)17(14)22)10-2-6-12(19)7-3-10/h2-9,15,21H,1H3,(H,20,23)/b16-14+. The molecule has 122 valence electrons. The second-order valence-corrected chi connectivity index (χ2v) is 6.19. The average Bonchev–Trinajstić information content (AvgIpc) is 2.90. The third-order valence-corrected chi connectivity index (χ3v) is 4.37. The quantitative estimate of drug-likeness (QED) is 0.481. The number of benzene rings is 2. The first-order chi connectivity index (χ1) is 11.5. The van der Waals surface area contributed by atoms with Gasteiger partial charge in [0.2, 0.25) is 0 Å². The van der Waals surface area contributed by atoms with Gasteiger partial charge in [-0.3, -0.25) is 9.59 Å². The van der Waals surface area contributed by atoms with Crippen molar-refractivity contribution in [2.75, 3.05) is 7.11 Å². The summed E-state index contributed by atoms with van der Waals surface area (Å²) in [6.45, 7) is 0. The van der Waals surface area contributed by atoms with Gasteiger partial charge < -0.3 is 15.2 Å². The minimum atomic E-state index is -0.726. The van der Waals surface area contributed by atoms with Crippen molar-refractivity contribution < 1.29 is 19.4 Å². The highest BCUT2D eigenvalue weighted by Crippen LogP contribution is 2.33. The zero-order valence-corrected chi connectivity index (χ0v) is 14.3. The van der Waals surface area contributed by atoms with Crippen molar-refractivity contribution >= 4 is 33.4 Å². The maximum Gasteiger partial charge on any atom is 0.293 e. The van der Waals surface area contributed by atoms with E-state index in [0.29, 0.717) is 16.9 Å². The lowest BCUT2D eigenvalue weighted by molar-refractivity contribution is -0.133. The van der Waals surface area contributed by atoms with Crippen LogP contribution >= 0.6 is 15.9 Å². The molecule has 0 radical (unpaired) electrons. The summed E-state index contributed by atoms with van der Waals surface area (Å²) in [5.41, 5.74) is 1.21. The molecule has 5 nitrogen and oxygen atoms in total. The zero-order chi connectivity index (χ0) is 17.3. The van der Waals surface area contributed by atoms with Gasteiger partial charge in [-0.25, -0.2) is 0 Å². The third-order valence-electron chi connectivity index (χ3n) is 3.84. The second-order valence-electron chi connectivity index (χ2n) is 5.28. The summed E-state index contributed by atoms with van der Waals surface area (Å²) in [5.74, 6) is -1.03. The van der Waals surface area contributed by atoms with E-state index in [1.807, 2.05) is 12.1 Å². The number of hydrogen-bond acceptors (Lipinski definition) is 4. The molecule has 1 amide bonds. The van der Waals surface area contributed by atoms with E-state index < -0.39 is 17.7 Å². The van der Waals surface area contributed by atoms with Crippen molar-refractivity contribution in [2.24, 2.45) is 0 Å². The number of methoxy groups -OCH3 is 1. The number of ketones is 1. The third kappa shape index (κ3) is 2.92. The Morgan fingerprint density at radius 2 is 1.71 bits per heavy atom. The van der Waals surface area contributed by atoms with Gasteiger partial charge in [-0.2, -0.15) is 0 Å². The van der Waals surface area contributed by atoms with Gasteiger partial charge in [-0.1, -0.05) is 28.1 Å². The molecule has 0 bridgehead atoms. The number of aliphatic hydroxyl groups is 1. The van der Waals surface area contributed by atoms with Crippen LogP contribution in [0, 0.1) is 0 Å². The molecule has 2 N–H and O–H groups in total. The predicted molar refractivity (Wildman–Crippen MR) is 92.6 cm³/mol. The molecule has 1 fully saturated rings. The number of Topliss-reactive ketones (excluding diaryl/α,β-unsaturated/α-hetero) is 1. The highest BCUT2D eigenvalue weighted by atomic mass is 79.9. The Morgan fingerprint density at radius 3 is 2.29 bits per heavy atom. The predicted octanol–water partition coefficient (Wildman–Crippen LogP) is 3.17. The molecule has 0 saturated carbocycles. The summed E-state index contributed by atoms with van der Waals surface area (Å²) < 4.78 is 5.96. The van der Waals surface area contributed by atoms with Gasteiger partial charge in [0, 0.05) is 10.0 Å². The van der Waals surface area contributed by atoms with Crippen molar-refractivity contribution in [1.29, 1.82) is 0 Å². The Morgan fingerprint density at radius 1 is 1.08 bits per heavy atom. The van der Waals surface area contributed by atoms with Crippen LogP contribution in [0.25, 0.3) is 5.76 Å². The second kappa shape index (κ2) is 6.49. The van der Waals surface area contributed by atoms with E-state index >= 15 is 0 Å². The number of halogens is 1. The van der Waals surface area contributed by atoms with Crippen LogP contribution in [0.15, 0.2) is 58.6 Å². The molecule has 0 spiro atoms. The van der Waals surface area contributed by atoms with Gasteiger partial charge in [0.1, 0.15) is 11.5 Å². The number of aliphatic hydroxyl groups excluding tert-OH is 1. The molecule has 0 aromatic heterocycles. The number of hydrogen-bond donors (Lipinski definition) is 2. The first-order valence-electron chi connectivity index (χ1n) is 7.19. The Bertz CT molecular complexity index is 825. The molecule has 1 atom stereocenters. The number of rotatable bonds is 3. The maximum atomic E-state index is 12.2. The Balaban J connectivity index is 2.07. The first kappa shape index (κ1) is 16.3. The summed E-state index contributed by atoms with van der Waals surface area (Å²) in [5, 5.41) is 13.2. The van der Waals surface area contributed by atoms with Crippen LogP contribution in [-0.4, -0.2) is 23.9 Å². The van der Waals surface area contributed by atoms with Gasteiger partial charge >= 0.3 is 0 Å². The molecule has 24 heavy (non-hydrogen) atoms. The van der Waals surface area contributed by atoms with Crippen LogP contribution in [0.5, 0.6) is 5.75 Å². The number of nitrogens with one attached hydrogen (secondary N) is 1. The summed E-state index contributed by atoms with van der Waals surface area (Å²) >= 11 is 3.34. The average molecular weight is 388 g/mol. The largest absolute Gasteiger partial charge is 0.507 e. The van der Waals surface area contributed by atoms with Crippen molar-refractivity contribution in [3.05, 3.63) is 69.7 Å². The van der Waals surface area contributed by atoms with Crippen LogP contribution in [0.2, 0.25) is 0 Å². The Labute approximate surface area is 147 Å². The van der Waals surface area contributed by atoms with Crippen LogP contribution in [0.3, 0.4) is 0 Å². The van der Waals surface area contributed by atoms with Crippen LogP contribution in [0.1, 0.15) is 17.2 Å². The minimum Gasteiger partial charge on any atom is -0.507 e. The van der Waals surface area contributed by atoms with Gasteiger partial charge in [0.25, 0.3) is 11.7 Å². The lowest BCUT2D eigenvalue weighted by atomic mass is 9.96. The van der Waals surface area contributed by atoms with Gasteiger partial charge in [0.15, 0.2) is 0 Å². The van der Waals surface area contributed by atoms with Gasteiger partial charge in [-0.15, -0.1) is 0 Å². The topological polar surface area (TPSA) is 75.6 Å². The first-order valence-corrected chi connectivity index (χ1v) is 7.98. The molecule has 6 heteroatoms. The van der Waals surface area contributed by atoms with Crippen molar-refractivity contribution in [1.82, 2.24) is 5.32 Å². The molecule has 2 aromatic rings. The van der Waals surface area contributed by atoms with Crippen molar-refractivity contribution in [2.45, 2.75) is 6.04 Å². The monoisotopic (exact) mass is 387 g/mol. The number of amides is 1. The number of carbonyl (C=O) groups is 2. The van der Waals surface area contributed by atoms with Crippen LogP contribution < -0.4 is 10.1 Å². The molecule has 3 rings (SSSR count). The van der Waals surface area contributed by atoms with E-state index in [-0.39, 0.29) is 11.3 Å². The lowest BCUT2D eigenvalue weighted by Crippen LogP contribution is -2.21. The van der Waals surface area contributed by atoms with Crippen molar-refractivity contribution in [3.8, 4) is 5.75 Å². The SMILES string of the molecule is COc1ccc(/C(O)=C2\C(=O)C(=O)NC2c2ccc(Br)cc2)cc1. The zero-order valence-electron chi connectivity index (χ0n) is 12.7. The molecule has 1 saturated heterocycles. The minimum absolute atomic E-state index is 0.0486. The summed E-state index contributed by atoms with van der Waals surface area (Å²) in [7, 11) is 1.54. The highest BCUT2D eigenvalue weighted by Gasteiger charge is 2.39. The van der Waals surface area contributed by atoms with Crippen LogP contribution in [0.4, 0.5) is 0 Å². The van der Waals surface area contributed by atoms with E-state index in [9.17, 15) is 14.7 Å². The fourth-order valence-corrected chi connectivity index (χ4v) is 2.84. The van der Waals surface area contributed by atoms with E-state index in [1.165, 1.54) is 0 Å². The smallest absolute Gasteiger partial charge is 0.293 e. The fraction of sp³-hybridized carbons (Fsp3) is 0.111. The highest BCUT2D eigenvalue weighted by molar-refractivity contribution is 9.10. The van der Waals surface area contributed by atoms with Crippen LogP contribution in [-0.2, 0) is 9.59 Å². The molecule has 2 aromatic carbocycles. The normalized spacial score (nSPS) is 19.2. The molecular weight excluding hydrogens is 374 g/mol. The van der Waals surface area contributed by atoms with E-state index in [1.54, 1.807) is 43.5 Å². The number of ether oxygens (including phenoxy) is 1. The fourth-order valence-electron chi connectivity index (χ4n) is 2.58. The van der Waals surface area contributed by atoms with Gasteiger partial charge in [0.05, 0.1) is 18.7 Å². The molecule has 1 unspecified atom stereocenters. The van der Waals surface area contributed by atoms with Crippen molar-refractivity contribution in [3.63, 3.8) is 0 Å². The maximum absolute atomic E-state index is 12.2. The molecule has 0 aliphatic carbocycles. The molecule has 1 aliphatic heterocycles. The van der Waals surface area contributed by atoms with E-state index in [0.717, 1.165) is 4.47 Å². The summed E-state index contributed by atoms with van der Waals surface area (Å²) in [6.07, 6.45) is 0.